The summed E-state index contributed by atoms with van der Waals surface area (Å²) in [6.07, 6.45) is 1.12. The van der Waals surface area contributed by atoms with Crippen molar-refractivity contribution < 1.29 is 19.2 Å². The van der Waals surface area contributed by atoms with Gasteiger partial charge in [-0.15, -0.1) is 23.7 Å². The Kier molecular flexibility index (Phi) is 6.25. The van der Waals surface area contributed by atoms with Crippen LogP contribution in [0.4, 0.5) is 10.7 Å². The first kappa shape index (κ1) is 21.9. The highest BCUT2D eigenvalue weighted by molar-refractivity contribution is 7.17. The van der Waals surface area contributed by atoms with Gasteiger partial charge in [0.15, 0.2) is 0 Å². The molecule has 0 radical (unpaired) electrons. The van der Waals surface area contributed by atoms with Gasteiger partial charge in [-0.2, -0.15) is 0 Å². The van der Waals surface area contributed by atoms with Crippen LogP contribution in [0.1, 0.15) is 44.0 Å². The maximum Gasteiger partial charge on any atom is 0.256 e. The van der Waals surface area contributed by atoms with Crippen LogP contribution in [0.2, 0.25) is 0 Å². The summed E-state index contributed by atoms with van der Waals surface area (Å²) in [5, 5.41) is 3.25. The lowest BCUT2D eigenvalue weighted by atomic mass is 10.0. The average Bonchev–Trinajstić information content (AvgIpc) is 3.20. The number of imide groups is 1. The lowest BCUT2D eigenvalue weighted by Gasteiger charge is -2.22. The van der Waals surface area contributed by atoms with Crippen LogP contribution in [0.25, 0.3) is 0 Å². The normalized spacial score (nSPS) is 16.2. The maximum atomic E-state index is 12.7. The van der Waals surface area contributed by atoms with Gasteiger partial charge in [0.1, 0.15) is 5.00 Å². The lowest BCUT2D eigenvalue weighted by Crippen LogP contribution is -2.28. The van der Waals surface area contributed by atoms with Gasteiger partial charge in [0.05, 0.1) is 11.3 Å². The molecule has 30 heavy (non-hydrogen) atoms. The highest BCUT2D eigenvalue weighted by Crippen LogP contribution is 2.37. The molecule has 0 saturated carbocycles. The van der Waals surface area contributed by atoms with Crippen molar-refractivity contribution in [1.82, 2.24) is 4.90 Å². The third-order valence-electron chi connectivity index (χ3n) is 5.16. The Labute approximate surface area is 183 Å². The number of carbonyl (C=O) groups excluding carboxylic acids is 4. The van der Waals surface area contributed by atoms with Crippen LogP contribution in [-0.4, -0.2) is 42.1 Å². The van der Waals surface area contributed by atoms with Crippen LogP contribution in [0.15, 0.2) is 24.3 Å². The number of hydrogen-bond acceptors (Lipinski definition) is 6. The van der Waals surface area contributed by atoms with Gasteiger partial charge in [-0.05, 0) is 43.3 Å². The summed E-state index contributed by atoms with van der Waals surface area (Å²) in [6, 6.07) is 6.24. The number of nitrogens with one attached hydrogen (secondary N) is 1. The monoisotopic (exact) mass is 448 g/mol. The molecule has 158 valence electrons. The number of primary amides is 1. The number of benzene rings is 1. The molecule has 4 rings (SSSR count). The molecule has 1 aromatic heterocycles. The molecule has 0 atom stereocenters. The van der Waals surface area contributed by atoms with E-state index in [0.29, 0.717) is 34.8 Å². The van der Waals surface area contributed by atoms with Gasteiger partial charge in [0.2, 0.25) is 11.8 Å². The van der Waals surface area contributed by atoms with Crippen LogP contribution >= 0.6 is 23.7 Å². The lowest BCUT2D eigenvalue weighted by molar-refractivity contribution is -0.121. The van der Waals surface area contributed by atoms with E-state index in [1.54, 1.807) is 24.3 Å². The van der Waals surface area contributed by atoms with Gasteiger partial charge >= 0.3 is 0 Å². The molecule has 8 nitrogen and oxygen atoms in total. The molecule has 10 heteroatoms. The zero-order valence-corrected chi connectivity index (χ0v) is 17.9. The van der Waals surface area contributed by atoms with Crippen molar-refractivity contribution >= 4 is 58.1 Å². The van der Waals surface area contributed by atoms with Gasteiger partial charge < -0.3 is 16.0 Å². The largest absolute Gasteiger partial charge is 0.365 e. The number of anilines is 2. The quantitative estimate of drug-likeness (QED) is 0.696. The second-order valence-electron chi connectivity index (χ2n) is 7.18. The number of nitrogens with zero attached hydrogens (tertiary/aromatic N) is 2. The number of halogens is 1. The molecule has 1 saturated heterocycles. The Balaban J connectivity index is 0.00000256. The van der Waals surface area contributed by atoms with Crippen molar-refractivity contribution in [2.45, 2.75) is 25.8 Å². The van der Waals surface area contributed by atoms with Crippen LogP contribution in [0.5, 0.6) is 0 Å². The first-order chi connectivity index (χ1) is 13.8. The van der Waals surface area contributed by atoms with Gasteiger partial charge in [0.25, 0.3) is 11.8 Å². The first-order valence-corrected chi connectivity index (χ1v) is 10.1. The molecule has 2 aliphatic heterocycles. The van der Waals surface area contributed by atoms with Crippen LogP contribution in [0, 0.1) is 0 Å². The molecule has 1 fully saturated rings. The van der Waals surface area contributed by atoms with Gasteiger partial charge in [-0.25, -0.2) is 0 Å². The minimum Gasteiger partial charge on any atom is -0.365 e. The molecular formula is C20H21ClN4O4S. The molecule has 2 aromatic rings. The number of amides is 4. The van der Waals surface area contributed by atoms with Crippen molar-refractivity contribution in [1.29, 1.82) is 0 Å². The van der Waals surface area contributed by atoms with E-state index in [-0.39, 0.29) is 43.0 Å². The summed E-state index contributed by atoms with van der Waals surface area (Å²) in [5.41, 5.74) is 7.68. The van der Waals surface area contributed by atoms with Gasteiger partial charge in [-0.1, -0.05) is 0 Å². The zero-order chi connectivity index (χ0) is 20.7. The standard InChI is InChI=1S/C20H20N4O4S.ClH/c1-23-9-8-13-14(10-23)29-20(17(13)18(21)27)22-19(28)11-2-4-12(5-3-11)24-15(25)6-7-16(24)26;/h2-5H,6-10H2,1H3,(H2,21,27)(H,22,28);1H. The highest BCUT2D eigenvalue weighted by Gasteiger charge is 2.30. The summed E-state index contributed by atoms with van der Waals surface area (Å²) in [7, 11) is 2.00. The zero-order valence-electron chi connectivity index (χ0n) is 16.3. The molecule has 0 aliphatic carbocycles. The third-order valence-corrected chi connectivity index (χ3v) is 6.29. The van der Waals surface area contributed by atoms with E-state index in [4.69, 9.17) is 5.73 Å². The molecule has 2 aliphatic rings. The van der Waals surface area contributed by atoms with E-state index in [1.165, 1.54) is 11.3 Å². The van der Waals surface area contributed by atoms with E-state index in [0.717, 1.165) is 21.9 Å². The topological polar surface area (TPSA) is 113 Å². The fourth-order valence-electron chi connectivity index (χ4n) is 3.68. The first-order valence-electron chi connectivity index (χ1n) is 9.25. The van der Waals surface area contributed by atoms with Crippen molar-refractivity contribution in [2.24, 2.45) is 5.73 Å². The predicted molar refractivity (Wildman–Crippen MR) is 116 cm³/mol. The van der Waals surface area contributed by atoms with Gasteiger partial charge in [-0.3, -0.25) is 24.1 Å². The SMILES string of the molecule is CN1CCc2c(sc(NC(=O)c3ccc(N4C(=O)CCC4=O)cc3)c2C(N)=O)C1.Cl. The fraction of sp³-hybridized carbons (Fsp3) is 0.300. The molecule has 3 N–H and O–H groups in total. The minimum absolute atomic E-state index is 0. The Bertz CT molecular complexity index is 1020. The second-order valence-corrected chi connectivity index (χ2v) is 8.29. The Hall–Kier alpha value is -2.75. The maximum absolute atomic E-state index is 12.7. The highest BCUT2D eigenvalue weighted by atomic mass is 35.5. The molecule has 0 bridgehead atoms. The number of rotatable bonds is 4. The Morgan fingerprint density at radius 3 is 2.30 bits per heavy atom. The predicted octanol–water partition coefficient (Wildman–Crippen LogP) is 2.16. The number of carbonyl (C=O) groups is 4. The van der Waals surface area contributed by atoms with Crippen molar-refractivity contribution in [2.75, 3.05) is 23.8 Å². The van der Waals surface area contributed by atoms with E-state index < -0.39 is 5.91 Å². The fourth-order valence-corrected chi connectivity index (χ4v) is 5.01. The molecule has 0 unspecified atom stereocenters. The molecule has 3 heterocycles. The van der Waals surface area contributed by atoms with E-state index in [9.17, 15) is 19.2 Å². The number of nitrogens with two attached hydrogens (primary N) is 1. The van der Waals surface area contributed by atoms with Crippen LogP contribution in [0.3, 0.4) is 0 Å². The Morgan fingerprint density at radius 2 is 1.70 bits per heavy atom. The molecule has 4 amide bonds. The summed E-state index contributed by atoms with van der Waals surface area (Å²) in [6.45, 7) is 1.54. The van der Waals surface area contributed by atoms with Crippen LogP contribution < -0.4 is 16.0 Å². The van der Waals surface area contributed by atoms with E-state index in [1.807, 2.05) is 7.05 Å². The smallest absolute Gasteiger partial charge is 0.256 e. The summed E-state index contributed by atoms with van der Waals surface area (Å²) < 4.78 is 0. The summed E-state index contributed by atoms with van der Waals surface area (Å²) >= 11 is 1.37. The molecule has 1 aromatic carbocycles. The van der Waals surface area contributed by atoms with Crippen molar-refractivity contribution in [3.63, 3.8) is 0 Å². The van der Waals surface area contributed by atoms with Gasteiger partial charge in [0, 0.05) is 36.4 Å². The van der Waals surface area contributed by atoms with Crippen LogP contribution in [-0.2, 0) is 22.6 Å². The average molecular weight is 449 g/mol. The number of likely N-dealkylation sites (N-methyl/N-ethyl adjacent to an activating group) is 1. The second kappa shape index (κ2) is 8.55. The van der Waals surface area contributed by atoms with E-state index in [2.05, 4.69) is 10.2 Å². The molecule has 0 spiro atoms. The van der Waals surface area contributed by atoms with E-state index >= 15 is 0 Å². The number of hydrogen-bond donors (Lipinski definition) is 2. The summed E-state index contributed by atoms with van der Waals surface area (Å²) in [5.74, 6) is -1.42. The minimum atomic E-state index is -0.552. The van der Waals surface area contributed by atoms with Crippen molar-refractivity contribution in [3.8, 4) is 0 Å². The molecular weight excluding hydrogens is 428 g/mol. The summed E-state index contributed by atoms with van der Waals surface area (Å²) in [4.78, 5) is 52.7. The Morgan fingerprint density at radius 1 is 1.07 bits per heavy atom. The third kappa shape index (κ3) is 3.96. The number of thiophene rings is 1. The van der Waals surface area contributed by atoms with Crippen molar-refractivity contribution in [3.05, 3.63) is 45.8 Å². The number of fused-ring (bicyclic) bond motifs is 1.